The number of fused-ring (bicyclic) bond motifs is 1. The summed E-state index contributed by atoms with van der Waals surface area (Å²) < 4.78 is 21.8. The normalized spacial score (nSPS) is 19.0. The molecule has 0 N–H and O–H groups in total. The second kappa shape index (κ2) is 9.70. The van der Waals surface area contributed by atoms with E-state index in [1.807, 2.05) is 30.8 Å². The van der Waals surface area contributed by atoms with Gasteiger partial charge < -0.3 is 19.1 Å². The fourth-order valence-corrected chi connectivity index (χ4v) is 5.47. The van der Waals surface area contributed by atoms with Crippen LogP contribution in [0.25, 0.3) is 16.6 Å². The van der Waals surface area contributed by atoms with Gasteiger partial charge in [0.2, 0.25) is 0 Å². The third-order valence-corrected chi connectivity index (χ3v) is 7.61. The summed E-state index contributed by atoms with van der Waals surface area (Å²) in [7, 11) is 1.76. The Kier molecular flexibility index (Phi) is 6.64. The van der Waals surface area contributed by atoms with Crippen molar-refractivity contribution in [2.75, 3.05) is 39.9 Å². The number of amides is 1. The Bertz CT molecular complexity index is 1230. The minimum absolute atomic E-state index is 0.0110. The summed E-state index contributed by atoms with van der Waals surface area (Å²) in [5.41, 5.74) is 4.37. The number of nitrogens with zero attached hydrogens (tertiary/aromatic N) is 4. The molecule has 5 rings (SSSR count). The quantitative estimate of drug-likeness (QED) is 0.503. The Morgan fingerprint density at radius 1 is 1.26 bits per heavy atom. The van der Waals surface area contributed by atoms with Gasteiger partial charge in [-0.3, -0.25) is 9.78 Å². The van der Waals surface area contributed by atoms with E-state index in [1.54, 1.807) is 18.0 Å². The molecule has 3 aromatic rings. The lowest BCUT2D eigenvalue weighted by Crippen LogP contribution is -2.49. The highest BCUT2D eigenvalue weighted by molar-refractivity contribution is 5.99. The van der Waals surface area contributed by atoms with Crippen molar-refractivity contribution >= 4 is 16.8 Å². The molecule has 1 aromatic carbocycles. The lowest BCUT2D eigenvalue weighted by molar-refractivity contribution is 0.0754. The fourth-order valence-electron chi connectivity index (χ4n) is 5.47. The summed E-state index contributed by atoms with van der Waals surface area (Å²) >= 11 is 0. The number of rotatable bonds is 7. The van der Waals surface area contributed by atoms with Gasteiger partial charge in [-0.25, -0.2) is 4.39 Å². The van der Waals surface area contributed by atoms with Gasteiger partial charge >= 0.3 is 0 Å². The monoisotopic (exact) mass is 478 g/mol. The maximum Gasteiger partial charge on any atom is 0.256 e. The fraction of sp³-hybridized carbons (Fsp3) is 0.500. The Morgan fingerprint density at radius 3 is 2.77 bits per heavy atom. The maximum atomic E-state index is 14.3. The first-order chi connectivity index (χ1) is 16.8. The summed E-state index contributed by atoms with van der Waals surface area (Å²) in [5.74, 6) is 0.668. The van der Waals surface area contributed by atoms with Crippen molar-refractivity contribution in [3.63, 3.8) is 0 Å². The average molecular weight is 479 g/mol. The lowest BCUT2D eigenvalue weighted by Gasteiger charge is -2.40. The maximum absolute atomic E-state index is 14.3. The van der Waals surface area contributed by atoms with Crippen molar-refractivity contribution in [1.82, 2.24) is 19.4 Å². The number of carbonyl (C=O) groups is 1. The number of aryl methyl sites for hydroxylation is 1. The van der Waals surface area contributed by atoms with Crippen LogP contribution in [-0.2, 0) is 11.2 Å². The Labute approximate surface area is 206 Å². The summed E-state index contributed by atoms with van der Waals surface area (Å²) in [6, 6.07) is 4.49. The summed E-state index contributed by atoms with van der Waals surface area (Å²) in [6.07, 6.45) is 8.02. The number of carbonyl (C=O) groups excluding carboxylic acids is 1. The molecule has 2 aliphatic heterocycles. The molecule has 2 saturated heterocycles. The smallest absolute Gasteiger partial charge is 0.256 e. The molecule has 0 saturated carbocycles. The molecule has 2 aromatic heterocycles. The number of pyridine rings is 1. The van der Waals surface area contributed by atoms with Crippen LogP contribution in [0.3, 0.4) is 0 Å². The average Bonchev–Trinajstić information content (AvgIpc) is 3.45. The van der Waals surface area contributed by atoms with E-state index >= 15 is 0 Å². The third kappa shape index (κ3) is 4.71. The molecule has 1 atom stereocenters. The number of benzene rings is 1. The molecule has 0 radical (unpaired) electrons. The number of halogens is 1. The molecule has 7 heteroatoms. The molecule has 0 bridgehead atoms. The van der Waals surface area contributed by atoms with E-state index in [4.69, 9.17) is 4.74 Å². The summed E-state index contributed by atoms with van der Waals surface area (Å²) in [6.45, 7) is 11.1. The zero-order chi connectivity index (χ0) is 24.7. The van der Waals surface area contributed by atoms with E-state index in [0.717, 1.165) is 50.3 Å². The molecule has 1 unspecified atom stereocenters. The van der Waals surface area contributed by atoms with Crippen LogP contribution in [-0.4, -0.2) is 71.2 Å². The first kappa shape index (κ1) is 23.9. The van der Waals surface area contributed by atoms with Crippen molar-refractivity contribution in [1.29, 1.82) is 0 Å². The van der Waals surface area contributed by atoms with Crippen molar-refractivity contribution in [2.45, 2.75) is 39.7 Å². The SMILES string of the molecule is Cc1cncc2c1c(CC1CN(CC3CCOC3)C1)cn2-c1ccc(F)cc1C(=O)N(C)C(C)C. The first-order valence-electron chi connectivity index (χ1n) is 12.6. The molecule has 2 aliphatic rings. The largest absolute Gasteiger partial charge is 0.381 e. The van der Waals surface area contributed by atoms with Gasteiger partial charge in [-0.15, -0.1) is 0 Å². The Hall–Kier alpha value is -2.77. The molecule has 2 fully saturated rings. The zero-order valence-corrected chi connectivity index (χ0v) is 21.1. The highest BCUT2D eigenvalue weighted by Gasteiger charge is 2.31. The molecule has 186 valence electrons. The van der Waals surface area contributed by atoms with Gasteiger partial charge in [0.25, 0.3) is 5.91 Å². The van der Waals surface area contributed by atoms with Gasteiger partial charge in [-0.05, 0) is 74.8 Å². The van der Waals surface area contributed by atoms with Crippen LogP contribution in [0.2, 0.25) is 0 Å². The van der Waals surface area contributed by atoms with Crippen molar-refractivity contribution in [3.8, 4) is 5.69 Å². The van der Waals surface area contributed by atoms with Crippen LogP contribution in [0.4, 0.5) is 4.39 Å². The molecule has 4 heterocycles. The minimum Gasteiger partial charge on any atom is -0.381 e. The van der Waals surface area contributed by atoms with Gasteiger partial charge in [0.15, 0.2) is 0 Å². The molecular formula is C28H35FN4O2. The second-order valence-electron chi connectivity index (χ2n) is 10.6. The number of likely N-dealkylation sites (tertiary alicyclic amines) is 1. The van der Waals surface area contributed by atoms with E-state index in [9.17, 15) is 9.18 Å². The zero-order valence-electron chi connectivity index (χ0n) is 21.1. The minimum atomic E-state index is -0.414. The van der Waals surface area contributed by atoms with Crippen LogP contribution in [0.5, 0.6) is 0 Å². The number of hydrogen-bond donors (Lipinski definition) is 0. The molecule has 0 aliphatic carbocycles. The molecule has 1 amide bonds. The summed E-state index contributed by atoms with van der Waals surface area (Å²) in [5, 5.41) is 1.18. The van der Waals surface area contributed by atoms with Crippen molar-refractivity contribution in [2.24, 2.45) is 11.8 Å². The highest BCUT2D eigenvalue weighted by Crippen LogP contribution is 2.33. The highest BCUT2D eigenvalue weighted by atomic mass is 19.1. The number of hydrogen-bond acceptors (Lipinski definition) is 4. The van der Waals surface area contributed by atoms with E-state index in [2.05, 4.69) is 23.0 Å². The van der Waals surface area contributed by atoms with Gasteiger partial charge in [0.05, 0.1) is 29.6 Å². The Balaban J connectivity index is 1.46. The van der Waals surface area contributed by atoms with Crippen LogP contribution >= 0.6 is 0 Å². The molecule has 6 nitrogen and oxygen atoms in total. The predicted octanol–water partition coefficient (Wildman–Crippen LogP) is 4.46. The number of ether oxygens (including phenoxy) is 1. The van der Waals surface area contributed by atoms with E-state index in [0.29, 0.717) is 23.1 Å². The van der Waals surface area contributed by atoms with Gasteiger partial charge in [0, 0.05) is 57.1 Å². The van der Waals surface area contributed by atoms with Crippen LogP contribution in [0.1, 0.15) is 41.8 Å². The van der Waals surface area contributed by atoms with Crippen LogP contribution in [0, 0.1) is 24.6 Å². The van der Waals surface area contributed by atoms with Crippen LogP contribution < -0.4 is 0 Å². The van der Waals surface area contributed by atoms with E-state index in [1.165, 1.54) is 29.5 Å². The topological polar surface area (TPSA) is 50.6 Å². The lowest BCUT2D eigenvalue weighted by atomic mass is 9.90. The molecular weight excluding hydrogens is 443 g/mol. The summed E-state index contributed by atoms with van der Waals surface area (Å²) in [4.78, 5) is 21.9. The van der Waals surface area contributed by atoms with Gasteiger partial charge in [-0.1, -0.05) is 0 Å². The van der Waals surface area contributed by atoms with Gasteiger partial charge in [0.1, 0.15) is 5.82 Å². The third-order valence-electron chi connectivity index (χ3n) is 7.61. The van der Waals surface area contributed by atoms with E-state index in [-0.39, 0.29) is 11.9 Å². The number of aromatic nitrogens is 2. The Morgan fingerprint density at radius 2 is 2.06 bits per heavy atom. The van der Waals surface area contributed by atoms with Crippen molar-refractivity contribution < 1.29 is 13.9 Å². The van der Waals surface area contributed by atoms with Gasteiger partial charge in [-0.2, -0.15) is 0 Å². The second-order valence-corrected chi connectivity index (χ2v) is 10.6. The first-order valence-corrected chi connectivity index (χ1v) is 12.6. The molecule has 35 heavy (non-hydrogen) atoms. The van der Waals surface area contributed by atoms with Crippen LogP contribution in [0.15, 0.2) is 36.8 Å². The standard InChI is InChI=1S/C28H35FN4O2/c1-18(2)31(4)28(34)24-10-23(29)5-6-25(24)33-16-22(27-19(3)11-30-12-26(27)33)9-21-14-32(15-21)13-20-7-8-35-17-20/h5-6,10-12,16,18,20-21H,7-9,13-15,17H2,1-4H3. The van der Waals surface area contributed by atoms with Crippen molar-refractivity contribution in [3.05, 3.63) is 59.3 Å². The van der Waals surface area contributed by atoms with E-state index < -0.39 is 5.82 Å². The molecule has 0 spiro atoms. The predicted molar refractivity (Wildman–Crippen MR) is 136 cm³/mol.